The number of hydrogen-bond acceptors (Lipinski definition) is 4. The van der Waals surface area contributed by atoms with Gasteiger partial charge in [0.15, 0.2) is 0 Å². The first-order valence-electron chi connectivity index (χ1n) is 12.8. The van der Waals surface area contributed by atoms with Gasteiger partial charge in [0.25, 0.3) is 18.3 Å². The normalized spacial score (nSPS) is 25.1. The Labute approximate surface area is 217 Å². The van der Waals surface area contributed by atoms with Crippen molar-refractivity contribution in [2.45, 2.75) is 50.6 Å². The van der Waals surface area contributed by atoms with Crippen LogP contribution >= 0.6 is 0 Å². The van der Waals surface area contributed by atoms with Crippen molar-refractivity contribution >= 4 is 17.3 Å². The molecular formula is C27H30F6N4O. The van der Waals surface area contributed by atoms with Crippen molar-refractivity contribution in [1.82, 2.24) is 10.2 Å². The summed E-state index contributed by atoms with van der Waals surface area (Å²) in [7, 11) is 0. The van der Waals surface area contributed by atoms with E-state index in [1.807, 2.05) is 0 Å². The number of hydrogen-bond donors (Lipinski definition) is 2. The Kier molecular flexibility index (Phi) is 7.23. The van der Waals surface area contributed by atoms with Gasteiger partial charge in [-0.3, -0.25) is 4.79 Å². The molecule has 0 aromatic heterocycles. The largest absolute Gasteiger partial charge is 0.380 e. The Morgan fingerprint density at radius 2 is 1.79 bits per heavy atom. The first-order valence-corrected chi connectivity index (χ1v) is 12.8. The van der Waals surface area contributed by atoms with Crippen molar-refractivity contribution in [3.8, 4) is 0 Å². The number of alkyl halides is 4. The monoisotopic (exact) mass is 540 g/mol. The number of amides is 1. The van der Waals surface area contributed by atoms with E-state index in [0.29, 0.717) is 5.92 Å². The van der Waals surface area contributed by atoms with Crippen molar-refractivity contribution in [2.75, 3.05) is 42.9 Å². The molecule has 4 saturated heterocycles. The van der Waals surface area contributed by atoms with Gasteiger partial charge in [0.05, 0.1) is 35.1 Å². The number of rotatable bonds is 7. The zero-order valence-corrected chi connectivity index (χ0v) is 20.9. The SMILES string of the molecule is C[C@@H](NC(=O)c1cc(N2CCC(F)(F)C2)c(F)cc1N[C@@H]1CN2CCC1CC2)c1cccc(C(F)F)c1F. The van der Waals surface area contributed by atoms with Gasteiger partial charge in [-0.05, 0) is 50.9 Å². The predicted molar refractivity (Wildman–Crippen MR) is 132 cm³/mol. The lowest BCUT2D eigenvalue weighted by atomic mass is 9.84. The predicted octanol–water partition coefficient (Wildman–Crippen LogP) is 5.74. The molecule has 0 aliphatic carbocycles. The van der Waals surface area contributed by atoms with E-state index in [2.05, 4.69) is 15.5 Å². The van der Waals surface area contributed by atoms with Crippen LogP contribution in [0.1, 0.15) is 60.1 Å². The van der Waals surface area contributed by atoms with Gasteiger partial charge in [-0.15, -0.1) is 0 Å². The number of carbonyl (C=O) groups is 1. The first kappa shape index (κ1) is 26.6. The van der Waals surface area contributed by atoms with E-state index in [1.165, 1.54) is 30.0 Å². The van der Waals surface area contributed by atoms with Crippen LogP contribution in [0.2, 0.25) is 0 Å². The van der Waals surface area contributed by atoms with Crippen LogP contribution in [0, 0.1) is 17.6 Å². The Hall–Kier alpha value is -2.95. The summed E-state index contributed by atoms with van der Waals surface area (Å²) in [6, 6.07) is 4.95. The highest BCUT2D eigenvalue weighted by Gasteiger charge is 2.40. The third kappa shape index (κ3) is 5.30. The summed E-state index contributed by atoms with van der Waals surface area (Å²) in [6.07, 6.45) is -1.50. The number of benzene rings is 2. The van der Waals surface area contributed by atoms with E-state index < -0.39 is 54.5 Å². The van der Waals surface area contributed by atoms with E-state index >= 15 is 4.39 Å². The molecule has 0 radical (unpaired) electrons. The number of anilines is 2. The Morgan fingerprint density at radius 1 is 1.08 bits per heavy atom. The van der Waals surface area contributed by atoms with Gasteiger partial charge in [0.2, 0.25) is 0 Å². The summed E-state index contributed by atoms with van der Waals surface area (Å²) in [5.74, 6) is -5.16. The summed E-state index contributed by atoms with van der Waals surface area (Å²) >= 11 is 0. The standard InChI is InChI=1S/C27H30F6N4O/c1-15(17-3-2-4-18(24(17)29)25(30)31)34-26(38)19-11-23(37-10-7-27(32,33)14-37)20(28)12-21(19)35-22-13-36-8-5-16(22)6-9-36/h2-4,11-12,15-16,22,25,35H,5-10,13-14H2,1H3,(H,34,38)/t15-,22-/m1/s1. The lowest BCUT2D eigenvalue weighted by Gasteiger charge is -2.45. The average molecular weight is 541 g/mol. The van der Waals surface area contributed by atoms with E-state index in [0.717, 1.165) is 44.6 Å². The molecule has 2 atom stereocenters. The molecule has 2 bridgehead atoms. The highest BCUT2D eigenvalue weighted by molar-refractivity contribution is 6.01. The number of nitrogens with one attached hydrogen (secondary N) is 2. The van der Waals surface area contributed by atoms with E-state index in [-0.39, 0.29) is 35.1 Å². The molecule has 2 aromatic rings. The summed E-state index contributed by atoms with van der Waals surface area (Å²) in [4.78, 5) is 17.0. The fourth-order valence-electron chi connectivity index (χ4n) is 5.80. The average Bonchev–Trinajstić information content (AvgIpc) is 3.23. The van der Waals surface area contributed by atoms with Crippen molar-refractivity contribution in [3.63, 3.8) is 0 Å². The van der Waals surface area contributed by atoms with Gasteiger partial charge < -0.3 is 20.4 Å². The number of halogens is 6. The molecule has 0 unspecified atom stereocenters. The summed E-state index contributed by atoms with van der Waals surface area (Å²) < 4.78 is 84.1. The third-order valence-corrected chi connectivity index (χ3v) is 7.95. The molecule has 2 aromatic carbocycles. The second-order valence-electron chi connectivity index (χ2n) is 10.5. The van der Waals surface area contributed by atoms with Crippen molar-refractivity contribution in [3.05, 3.63) is 58.7 Å². The van der Waals surface area contributed by atoms with Crippen LogP contribution in [0.4, 0.5) is 37.7 Å². The minimum absolute atomic E-state index is 0.0188. The van der Waals surface area contributed by atoms with Crippen LogP contribution in [0.15, 0.2) is 30.3 Å². The molecule has 5 nitrogen and oxygen atoms in total. The molecule has 2 N–H and O–H groups in total. The van der Waals surface area contributed by atoms with E-state index in [4.69, 9.17) is 0 Å². The number of fused-ring (bicyclic) bond motifs is 3. The zero-order valence-electron chi connectivity index (χ0n) is 20.9. The minimum Gasteiger partial charge on any atom is -0.380 e. The van der Waals surface area contributed by atoms with Crippen LogP contribution in [-0.4, -0.2) is 55.5 Å². The van der Waals surface area contributed by atoms with Gasteiger partial charge in [-0.2, -0.15) is 0 Å². The third-order valence-electron chi connectivity index (χ3n) is 7.95. The zero-order chi connectivity index (χ0) is 27.2. The first-order chi connectivity index (χ1) is 18.0. The van der Waals surface area contributed by atoms with Gasteiger partial charge in [0.1, 0.15) is 11.6 Å². The maximum Gasteiger partial charge on any atom is 0.266 e. The van der Waals surface area contributed by atoms with Gasteiger partial charge in [-0.25, -0.2) is 26.3 Å². The second kappa shape index (κ2) is 10.3. The number of carbonyl (C=O) groups excluding carboxylic acids is 1. The van der Waals surface area contributed by atoms with Crippen LogP contribution in [0.5, 0.6) is 0 Å². The second-order valence-corrected chi connectivity index (χ2v) is 10.5. The Bertz CT molecular complexity index is 1200. The van der Waals surface area contributed by atoms with Crippen LogP contribution < -0.4 is 15.5 Å². The molecule has 38 heavy (non-hydrogen) atoms. The molecule has 4 aliphatic heterocycles. The summed E-state index contributed by atoms with van der Waals surface area (Å²) in [6.45, 7) is 3.41. The van der Waals surface area contributed by atoms with Crippen LogP contribution in [0.25, 0.3) is 0 Å². The lowest BCUT2D eigenvalue weighted by Crippen LogP contribution is -2.53. The molecule has 11 heteroatoms. The Balaban J connectivity index is 1.45. The van der Waals surface area contributed by atoms with Crippen LogP contribution in [-0.2, 0) is 0 Å². The summed E-state index contributed by atoms with van der Waals surface area (Å²) in [5.41, 5.74) is -0.782. The fraction of sp³-hybridized carbons (Fsp3) is 0.519. The highest BCUT2D eigenvalue weighted by atomic mass is 19.3. The maximum atomic E-state index is 15.3. The fourth-order valence-corrected chi connectivity index (χ4v) is 5.80. The molecule has 4 aliphatic rings. The van der Waals surface area contributed by atoms with Gasteiger partial charge >= 0.3 is 0 Å². The number of piperidine rings is 3. The minimum atomic E-state index is -3.02. The van der Waals surface area contributed by atoms with E-state index in [1.54, 1.807) is 0 Å². The summed E-state index contributed by atoms with van der Waals surface area (Å²) in [5, 5.41) is 5.92. The lowest BCUT2D eigenvalue weighted by molar-refractivity contribution is 0.0257. The van der Waals surface area contributed by atoms with E-state index in [9.17, 15) is 26.7 Å². The topological polar surface area (TPSA) is 47.6 Å². The molecule has 206 valence electrons. The molecular weight excluding hydrogens is 510 g/mol. The number of nitrogens with zero attached hydrogens (tertiary/aromatic N) is 2. The van der Waals surface area contributed by atoms with Crippen LogP contribution in [0.3, 0.4) is 0 Å². The van der Waals surface area contributed by atoms with Gasteiger partial charge in [-0.1, -0.05) is 18.2 Å². The van der Waals surface area contributed by atoms with Crippen molar-refractivity contribution < 1.29 is 31.1 Å². The maximum absolute atomic E-state index is 15.3. The molecule has 4 fully saturated rings. The smallest absolute Gasteiger partial charge is 0.266 e. The molecule has 0 spiro atoms. The molecule has 1 amide bonds. The quantitative estimate of drug-likeness (QED) is 0.440. The van der Waals surface area contributed by atoms with Crippen molar-refractivity contribution in [1.29, 1.82) is 0 Å². The van der Waals surface area contributed by atoms with Gasteiger partial charge in [0, 0.05) is 31.1 Å². The van der Waals surface area contributed by atoms with Crippen molar-refractivity contribution in [2.24, 2.45) is 5.92 Å². The molecule has 6 rings (SSSR count). The highest BCUT2D eigenvalue weighted by Crippen LogP contribution is 2.37. The Morgan fingerprint density at radius 3 is 2.39 bits per heavy atom. The molecule has 0 saturated carbocycles. The molecule has 4 heterocycles.